The van der Waals surface area contributed by atoms with Gasteiger partial charge in [-0.2, -0.15) is 0 Å². The summed E-state index contributed by atoms with van der Waals surface area (Å²) in [5.41, 5.74) is 3.12. The Morgan fingerprint density at radius 2 is 1.96 bits per heavy atom. The van der Waals surface area contributed by atoms with E-state index in [4.69, 9.17) is 4.74 Å². The molecule has 2 aromatic carbocycles. The number of hydrogen-bond acceptors (Lipinski definition) is 3. The molecular formula is C22H22N2O3. The number of benzene rings is 2. The fourth-order valence-corrected chi connectivity index (χ4v) is 3.71. The molecule has 1 amide bonds. The highest BCUT2D eigenvalue weighted by Gasteiger charge is 2.25. The number of hydrogen-bond donors (Lipinski definition) is 1. The highest BCUT2D eigenvalue weighted by molar-refractivity contribution is 5.97. The van der Waals surface area contributed by atoms with E-state index in [0.717, 1.165) is 28.5 Å². The highest BCUT2D eigenvalue weighted by Crippen LogP contribution is 2.31. The van der Waals surface area contributed by atoms with Gasteiger partial charge >= 0.3 is 0 Å². The average Bonchev–Trinajstić information content (AvgIpc) is 3.12. The van der Waals surface area contributed by atoms with Crippen molar-refractivity contribution in [3.05, 3.63) is 64.6 Å². The lowest BCUT2D eigenvalue weighted by molar-refractivity contribution is -0.128. The highest BCUT2D eigenvalue weighted by atomic mass is 16.5. The Kier molecular flexibility index (Phi) is 4.44. The summed E-state index contributed by atoms with van der Waals surface area (Å²) in [6, 6.07) is 13.8. The van der Waals surface area contributed by atoms with Crippen molar-refractivity contribution < 1.29 is 9.53 Å². The van der Waals surface area contributed by atoms with Gasteiger partial charge in [0.15, 0.2) is 0 Å². The lowest BCUT2D eigenvalue weighted by Gasteiger charge is -2.16. The van der Waals surface area contributed by atoms with E-state index in [1.807, 2.05) is 24.3 Å². The monoisotopic (exact) mass is 362 g/mol. The minimum atomic E-state index is -0.135. The van der Waals surface area contributed by atoms with Gasteiger partial charge in [-0.25, -0.2) is 0 Å². The van der Waals surface area contributed by atoms with Crippen LogP contribution in [0.5, 0.6) is 5.75 Å². The number of likely N-dealkylation sites (tertiary alicyclic amines) is 1. The van der Waals surface area contributed by atoms with E-state index in [1.165, 1.54) is 0 Å². The molecule has 1 aliphatic rings. The van der Waals surface area contributed by atoms with Gasteiger partial charge in [-0.05, 0) is 41.6 Å². The summed E-state index contributed by atoms with van der Waals surface area (Å²) in [6.45, 7) is 4.94. The van der Waals surface area contributed by atoms with E-state index < -0.39 is 0 Å². The second kappa shape index (κ2) is 6.91. The van der Waals surface area contributed by atoms with Gasteiger partial charge in [0.25, 0.3) is 5.56 Å². The van der Waals surface area contributed by atoms with Gasteiger partial charge in [-0.15, -0.1) is 0 Å². The van der Waals surface area contributed by atoms with Crippen molar-refractivity contribution in [2.75, 3.05) is 13.1 Å². The Labute approximate surface area is 157 Å². The number of ether oxygens (including phenoxy) is 1. The van der Waals surface area contributed by atoms with Gasteiger partial charge in [0.1, 0.15) is 11.9 Å². The number of carbonyl (C=O) groups is 1. The van der Waals surface area contributed by atoms with Gasteiger partial charge < -0.3 is 14.6 Å². The second-order valence-electron chi connectivity index (χ2n) is 7.05. The molecule has 138 valence electrons. The molecule has 1 atom stereocenters. The second-order valence-corrected chi connectivity index (χ2v) is 7.05. The van der Waals surface area contributed by atoms with Crippen LogP contribution in [0.3, 0.4) is 0 Å². The van der Waals surface area contributed by atoms with Crippen molar-refractivity contribution in [2.45, 2.75) is 26.4 Å². The fourth-order valence-electron chi connectivity index (χ4n) is 3.71. The van der Waals surface area contributed by atoms with E-state index in [1.54, 1.807) is 24.1 Å². The number of aryl methyl sites for hydroxylation is 1. The average molecular weight is 362 g/mol. The van der Waals surface area contributed by atoms with Gasteiger partial charge in [0.2, 0.25) is 5.91 Å². The molecule has 3 aromatic rings. The molecule has 4 rings (SSSR count). The molecule has 1 fully saturated rings. The number of nitrogens with one attached hydrogen (secondary N) is 1. The Bertz CT molecular complexity index is 1070. The summed E-state index contributed by atoms with van der Waals surface area (Å²) in [4.78, 5) is 28.5. The van der Waals surface area contributed by atoms with Crippen LogP contribution in [0.25, 0.3) is 21.9 Å². The summed E-state index contributed by atoms with van der Waals surface area (Å²) < 4.78 is 6.04. The van der Waals surface area contributed by atoms with Gasteiger partial charge in [0, 0.05) is 31.6 Å². The Hall–Kier alpha value is -3.08. The first-order valence-electron chi connectivity index (χ1n) is 9.16. The van der Waals surface area contributed by atoms with E-state index in [0.29, 0.717) is 24.2 Å². The third kappa shape index (κ3) is 3.33. The molecule has 0 aliphatic carbocycles. The minimum absolute atomic E-state index is 0.0371. The minimum Gasteiger partial charge on any atom is -0.488 e. The van der Waals surface area contributed by atoms with Crippen molar-refractivity contribution in [3.8, 4) is 16.9 Å². The SMILES string of the molecule is CC(=O)N1CC[C@H](Oc2ccc3c(-c4ccccc4C)c[nH]c(=O)c3c2)C1. The molecule has 0 bridgehead atoms. The Balaban J connectivity index is 1.69. The zero-order valence-corrected chi connectivity index (χ0v) is 15.5. The molecule has 1 saturated heterocycles. The predicted octanol–water partition coefficient (Wildman–Crippen LogP) is 3.50. The number of nitrogens with zero attached hydrogens (tertiary/aromatic N) is 1. The number of rotatable bonds is 3. The van der Waals surface area contributed by atoms with Crippen LogP contribution < -0.4 is 10.3 Å². The number of fused-ring (bicyclic) bond motifs is 1. The van der Waals surface area contributed by atoms with Gasteiger partial charge in [0.05, 0.1) is 11.9 Å². The third-order valence-electron chi connectivity index (χ3n) is 5.20. The Morgan fingerprint density at radius 3 is 2.70 bits per heavy atom. The van der Waals surface area contributed by atoms with Gasteiger partial charge in [-0.1, -0.05) is 24.3 Å². The quantitative estimate of drug-likeness (QED) is 0.776. The molecule has 1 aromatic heterocycles. The Morgan fingerprint density at radius 1 is 1.15 bits per heavy atom. The maximum atomic E-state index is 12.4. The van der Waals surface area contributed by atoms with Crippen LogP contribution >= 0.6 is 0 Å². The maximum Gasteiger partial charge on any atom is 0.255 e. The van der Waals surface area contributed by atoms with E-state index in [9.17, 15) is 9.59 Å². The number of pyridine rings is 1. The maximum absolute atomic E-state index is 12.4. The zero-order chi connectivity index (χ0) is 19.0. The lowest BCUT2D eigenvalue weighted by atomic mass is 9.97. The molecule has 0 radical (unpaired) electrons. The summed E-state index contributed by atoms with van der Waals surface area (Å²) in [7, 11) is 0. The summed E-state index contributed by atoms with van der Waals surface area (Å²) >= 11 is 0. The molecular weight excluding hydrogens is 340 g/mol. The molecule has 1 N–H and O–H groups in total. The number of aromatic nitrogens is 1. The molecule has 0 unspecified atom stereocenters. The first-order valence-corrected chi connectivity index (χ1v) is 9.16. The normalized spacial score (nSPS) is 16.7. The van der Waals surface area contributed by atoms with Gasteiger partial charge in [-0.3, -0.25) is 9.59 Å². The van der Waals surface area contributed by atoms with Crippen molar-refractivity contribution in [1.29, 1.82) is 0 Å². The summed E-state index contributed by atoms with van der Waals surface area (Å²) in [5, 5.41) is 1.51. The first-order chi connectivity index (χ1) is 13.0. The van der Waals surface area contributed by atoms with E-state index >= 15 is 0 Å². The topological polar surface area (TPSA) is 62.4 Å². The van der Waals surface area contributed by atoms with Crippen LogP contribution in [-0.2, 0) is 4.79 Å². The number of carbonyl (C=O) groups excluding carboxylic acids is 1. The van der Waals surface area contributed by atoms with Crippen LogP contribution in [0.15, 0.2) is 53.5 Å². The molecule has 0 saturated carbocycles. The fraction of sp³-hybridized carbons (Fsp3) is 0.273. The van der Waals surface area contributed by atoms with Crippen molar-refractivity contribution in [2.24, 2.45) is 0 Å². The van der Waals surface area contributed by atoms with Crippen LogP contribution in [0.1, 0.15) is 18.9 Å². The van der Waals surface area contributed by atoms with E-state index in [2.05, 4.69) is 24.0 Å². The molecule has 1 aliphatic heterocycles. The molecule has 0 spiro atoms. The van der Waals surface area contributed by atoms with Crippen molar-refractivity contribution in [3.63, 3.8) is 0 Å². The van der Waals surface area contributed by atoms with Crippen LogP contribution in [-0.4, -0.2) is 35.0 Å². The van der Waals surface area contributed by atoms with Crippen molar-refractivity contribution >= 4 is 16.7 Å². The lowest BCUT2D eigenvalue weighted by Crippen LogP contribution is -2.28. The molecule has 2 heterocycles. The standard InChI is InChI=1S/C22H22N2O3/c1-14-5-3-4-6-18(14)21-12-23-22(26)20-11-16(7-8-19(20)21)27-17-9-10-24(13-17)15(2)25/h3-8,11-12,17H,9-10,13H2,1-2H3,(H,23,26)/t17-/m0/s1. The van der Waals surface area contributed by atoms with E-state index in [-0.39, 0.29) is 17.6 Å². The number of H-pyrrole nitrogens is 1. The molecule has 27 heavy (non-hydrogen) atoms. The van der Waals surface area contributed by atoms with Crippen LogP contribution in [0.4, 0.5) is 0 Å². The predicted molar refractivity (Wildman–Crippen MR) is 106 cm³/mol. The number of aromatic amines is 1. The van der Waals surface area contributed by atoms with Crippen LogP contribution in [0.2, 0.25) is 0 Å². The summed E-state index contributed by atoms with van der Waals surface area (Å²) in [5.74, 6) is 0.726. The first kappa shape index (κ1) is 17.3. The largest absolute Gasteiger partial charge is 0.488 e. The number of amides is 1. The van der Waals surface area contributed by atoms with Crippen molar-refractivity contribution in [1.82, 2.24) is 9.88 Å². The zero-order valence-electron chi connectivity index (χ0n) is 15.5. The molecule has 5 heteroatoms. The summed E-state index contributed by atoms with van der Waals surface area (Å²) in [6.07, 6.45) is 2.54. The van der Waals surface area contributed by atoms with Crippen LogP contribution in [0, 0.1) is 6.92 Å². The molecule has 5 nitrogen and oxygen atoms in total. The third-order valence-corrected chi connectivity index (χ3v) is 5.20. The smallest absolute Gasteiger partial charge is 0.255 e.